The summed E-state index contributed by atoms with van der Waals surface area (Å²) in [4.78, 5) is 12.7. The van der Waals surface area contributed by atoms with Gasteiger partial charge in [0.15, 0.2) is 6.10 Å². The van der Waals surface area contributed by atoms with E-state index in [1.165, 1.54) is 6.07 Å². The third kappa shape index (κ3) is 6.52. The molecule has 3 aromatic rings. The molecule has 0 spiro atoms. The minimum atomic E-state index is -4.21. The van der Waals surface area contributed by atoms with Crippen LogP contribution in [0.4, 0.5) is 0 Å². The van der Waals surface area contributed by atoms with Gasteiger partial charge in [0.2, 0.25) is 0 Å². The minimum absolute atomic E-state index is 0.0246. The number of hydrogen-bond acceptors (Lipinski definition) is 5. The van der Waals surface area contributed by atoms with Gasteiger partial charge < -0.3 is 4.74 Å². The molecule has 0 heterocycles. The van der Waals surface area contributed by atoms with Crippen molar-refractivity contribution < 1.29 is 22.1 Å². The fourth-order valence-corrected chi connectivity index (χ4v) is 4.68. The third-order valence-corrected chi connectivity index (χ3v) is 6.25. The zero-order valence-corrected chi connectivity index (χ0v) is 19.1. The quantitative estimate of drug-likeness (QED) is 0.304. The fraction of sp³-hybridized carbons (Fsp3) is 0.269. The van der Waals surface area contributed by atoms with E-state index >= 15 is 0 Å². The van der Waals surface area contributed by atoms with Crippen molar-refractivity contribution in [1.82, 2.24) is 0 Å². The van der Waals surface area contributed by atoms with E-state index in [-0.39, 0.29) is 17.4 Å². The van der Waals surface area contributed by atoms with Crippen molar-refractivity contribution in [2.75, 3.05) is 0 Å². The summed E-state index contributed by atoms with van der Waals surface area (Å²) in [6.07, 6.45) is -0.0710. The molecule has 0 aromatic heterocycles. The summed E-state index contributed by atoms with van der Waals surface area (Å²) in [7, 11) is -4.21. The van der Waals surface area contributed by atoms with Crippen molar-refractivity contribution in [2.24, 2.45) is 0 Å². The molecule has 0 saturated carbocycles. The van der Waals surface area contributed by atoms with Crippen LogP contribution in [-0.4, -0.2) is 26.6 Å². The molecular weight excluding hydrogens is 424 g/mol. The lowest BCUT2D eigenvalue weighted by Crippen LogP contribution is -2.31. The number of carbonyl (C=O) groups excluding carboxylic acids is 1. The van der Waals surface area contributed by atoms with Crippen molar-refractivity contribution in [1.29, 1.82) is 0 Å². The highest BCUT2D eigenvalue weighted by Gasteiger charge is 2.30. The van der Waals surface area contributed by atoms with Crippen LogP contribution in [0.2, 0.25) is 0 Å². The number of carbonyl (C=O) groups is 1. The summed E-state index contributed by atoms with van der Waals surface area (Å²) in [6, 6.07) is 25.6. The first-order valence-corrected chi connectivity index (χ1v) is 12.1. The molecule has 32 heavy (non-hydrogen) atoms. The normalized spacial score (nSPS) is 12.5. The van der Waals surface area contributed by atoms with E-state index < -0.39 is 22.2 Å². The summed E-state index contributed by atoms with van der Waals surface area (Å²) >= 11 is 0. The van der Waals surface area contributed by atoms with Gasteiger partial charge in [-0.05, 0) is 50.3 Å². The van der Waals surface area contributed by atoms with Crippen LogP contribution in [-0.2, 0) is 30.3 Å². The van der Waals surface area contributed by atoms with E-state index in [4.69, 9.17) is 8.92 Å². The van der Waals surface area contributed by atoms with Crippen LogP contribution < -0.4 is 0 Å². The van der Waals surface area contributed by atoms with Gasteiger partial charge in [-0.15, -0.1) is 0 Å². The Morgan fingerprint density at radius 3 is 2.09 bits per heavy atom. The summed E-state index contributed by atoms with van der Waals surface area (Å²) < 4.78 is 37.2. The molecule has 3 aromatic carbocycles. The Morgan fingerprint density at radius 2 is 1.44 bits per heavy atom. The van der Waals surface area contributed by atoms with Crippen LogP contribution in [0.25, 0.3) is 11.1 Å². The first-order chi connectivity index (χ1) is 15.4. The van der Waals surface area contributed by atoms with Crippen molar-refractivity contribution in [3.63, 3.8) is 0 Å². The lowest BCUT2D eigenvalue weighted by Gasteiger charge is -2.19. The maximum atomic E-state index is 13.2. The van der Waals surface area contributed by atoms with Crippen LogP contribution >= 0.6 is 0 Å². The maximum absolute atomic E-state index is 13.2. The van der Waals surface area contributed by atoms with Crippen LogP contribution in [0.15, 0.2) is 89.8 Å². The highest BCUT2D eigenvalue weighted by atomic mass is 32.2. The Labute approximate surface area is 190 Å². The number of esters is 1. The molecular formula is C26H28O5S. The molecule has 0 N–H and O–H groups in total. The van der Waals surface area contributed by atoms with Crippen molar-refractivity contribution in [3.8, 4) is 11.1 Å². The van der Waals surface area contributed by atoms with Crippen molar-refractivity contribution in [3.05, 3.63) is 90.5 Å². The summed E-state index contributed by atoms with van der Waals surface area (Å²) in [5, 5.41) is 0. The Kier molecular flexibility index (Phi) is 8.20. The van der Waals surface area contributed by atoms with E-state index in [9.17, 15) is 13.2 Å². The van der Waals surface area contributed by atoms with Gasteiger partial charge in [-0.1, -0.05) is 78.9 Å². The molecule has 0 aliphatic carbocycles. The standard InChI is InChI=1S/C26H28O5S/c1-20(2)30-26(27)24(18-11-14-21-12-5-3-6-13-21)31-32(28,29)25-19-10-9-17-23(25)22-15-7-4-8-16-22/h3-10,12-13,15-17,19-20,24H,11,14,18H2,1-2H3/t24-/m1/s1. The predicted molar refractivity (Wildman–Crippen MR) is 125 cm³/mol. The molecule has 0 bridgehead atoms. The van der Waals surface area contributed by atoms with E-state index in [0.29, 0.717) is 18.4 Å². The number of rotatable bonds is 10. The van der Waals surface area contributed by atoms with Crippen LogP contribution in [0.1, 0.15) is 32.3 Å². The molecule has 0 fully saturated rings. The average Bonchev–Trinajstić information content (AvgIpc) is 2.79. The molecule has 0 saturated heterocycles. The number of aryl methyl sites for hydroxylation is 1. The predicted octanol–water partition coefficient (Wildman–Crippen LogP) is 5.40. The SMILES string of the molecule is CC(C)OC(=O)[C@@H](CCCc1ccccc1)OS(=O)(=O)c1ccccc1-c1ccccc1. The molecule has 6 heteroatoms. The lowest BCUT2D eigenvalue weighted by molar-refractivity contribution is -0.156. The monoisotopic (exact) mass is 452 g/mol. The van der Waals surface area contributed by atoms with E-state index in [1.807, 2.05) is 60.7 Å². The fourth-order valence-electron chi connectivity index (χ4n) is 3.40. The molecule has 0 amide bonds. The Hall–Kier alpha value is -2.96. The summed E-state index contributed by atoms with van der Waals surface area (Å²) in [5.41, 5.74) is 2.38. The van der Waals surface area contributed by atoms with Gasteiger partial charge in [0, 0.05) is 5.56 Å². The van der Waals surface area contributed by atoms with Gasteiger partial charge in [0.25, 0.3) is 10.1 Å². The molecule has 168 valence electrons. The number of hydrogen-bond donors (Lipinski definition) is 0. The molecule has 5 nitrogen and oxygen atoms in total. The zero-order chi connectivity index (χ0) is 23.0. The second-order valence-electron chi connectivity index (χ2n) is 7.76. The van der Waals surface area contributed by atoms with E-state index in [1.54, 1.807) is 32.0 Å². The van der Waals surface area contributed by atoms with Crippen LogP contribution in [0, 0.1) is 0 Å². The molecule has 0 aliphatic rings. The third-order valence-electron chi connectivity index (χ3n) is 4.87. The maximum Gasteiger partial charge on any atom is 0.337 e. The van der Waals surface area contributed by atoms with Crippen molar-refractivity contribution >= 4 is 16.1 Å². The van der Waals surface area contributed by atoms with E-state index in [0.717, 1.165) is 11.1 Å². The van der Waals surface area contributed by atoms with Gasteiger partial charge in [0.05, 0.1) is 6.10 Å². The average molecular weight is 453 g/mol. The second-order valence-corrected chi connectivity index (χ2v) is 9.31. The van der Waals surface area contributed by atoms with E-state index in [2.05, 4.69) is 0 Å². The Bertz CT molecular complexity index is 1110. The van der Waals surface area contributed by atoms with Gasteiger partial charge in [-0.2, -0.15) is 8.42 Å². The smallest absolute Gasteiger partial charge is 0.337 e. The highest BCUT2D eigenvalue weighted by molar-refractivity contribution is 7.87. The summed E-state index contributed by atoms with van der Waals surface area (Å²) in [5.74, 6) is -0.672. The molecule has 3 rings (SSSR count). The number of ether oxygens (including phenoxy) is 1. The first-order valence-electron chi connectivity index (χ1n) is 10.7. The second kappa shape index (κ2) is 11.1. The first kappa shape index (κ1) is 23.7. The number of benzene rings is 3. The van der Waals surface area contributed by atoms with Crippen LogP contribution in [0.5, 0.6) is 0 Å². The van der Waals surface area contributed by atoms with Gasteiger partial charge in [-0.3, -0.25) is 4.18 Å². The topological polar surface area (TPSA) is 69.7 Å². The lowest BCUT2D eigenvalue weighted by atomic mass is 10.1. The minimum Gasteiger partial charge on any atom is -0.461 e. The van der Waals surface area contributed by atoms with Gasteiger partial charge in [0.1, 0.15) is 4.90 Å². The zero-order valence-electron chi connectivity index (χ0n) is 18.3. The van der Waals surface area contributed by atoms with Gasteiger partial charge >= 0.3 is 5.97 Å². The summed E-state index contributed by atoms with van der Waals surface area (Å²) in [6.45, 7) is 3.44. The molecule has 0 unspecified atom stereocenters. The van der Waals surface area contributed by atoms with Crippen LogP contribution in [0.3, 0.4) is 0 Å². The van der Waals surface area contributed by atoms with Gasteiger partial charge in [-0.25, -0.2) is 4.79 Å². The molecule has 1 atom stereocenters. The largest absolute Gasteiger partial charge is 0.461 e. The molecule has 0 radical (unpaired) electrons. The Morgan fingerprint density at radius 1 is 0.844 bits per heavy atom. The highest BCUT2D eigenvalue weighted by Crippen LogP contribution is 2.29. The molecule has 0 aliphatic heterocycles. The van der Waals surface area contributed by atoms with Crippen molar-refractivity contribution in [2.45, 2.75) is 50.2 Å². The Balaban J connectivity index is 1.82.